The molecule has 1 aromatic heterocycles. The minimum atomic E-state index is -4.47. The van der Waals surface area contributed by atoms with Gasteiger partial charge in [-0.1, -0.05) is 54.2 Å². The third-order valence-corrected chi connectivity index (χ3v) is 5.91. The molecule has 5 nitrogen and oxygen atoms in total. The number of hydrogen-bond acceptors (Lipinski definition) is 5. The van der Waals surface area contributed by atoms with E-state index in [9.17, 15) is 22.8 Å². The molecule has 0 atom stereocenters. The topological polar surface area (TPSA) is 62.6 Å². The molecule has 0 radical (unpaired) electrons. The van der Waals surface area contributed by atoms with E-state index in [1.165, 1.54) is 30.3 Å². The summed E-state index contributed by atoms with van der Waals surface area (Å²) in [6, 6.07) is 16.9. The molecular weight excluding hydrogens is 473 g/mol. The van der Waals surface area contributed by atoms with Crippen molar-refractivity contribution in [2.24, 2.45) is 0 Å². The van der Waals surface area contributed by atoms with Crippen LogP contribution in [0.5, 0.6) is 0 Å². The summed E-state index contributed by atoms with van der Waals surface area (Å²) in [5.41, 5.74) is 2.75. The molecule has 0 spiro atoms. The zero-order valence-corrected chi connectivity index (χ0v) is 18.4. The Kier molecular flexibility index (Phi) is 6.39. The van der Waals surface area contributed by atoms with Crippen molar-refractivity contribution >= 4 is 46.2 Å². The Balaban J connectivity index is 1.47. The van der Waals surface area contributed by atoms with Gasteiger partial charge in [-0.25, -0.2) is 0 Å². The van der Waals surface area contributed by atoms with Crippen molar-refractivity contribution in [2.45, 2.75) is 12.6 Å². The Morgan fingerprint density at radius 3 is 2.58 bits per heavy atom. The van der Waals surface area contributed by atoms with Gasteiger partial charge in [-0.05, 0) is 42.0 Å². The molecule has 2 heterocycles. The van der Waals surface area contributed by atoms with Crippen molar-refractivity contribution in [3.8, 4) is 11.3 Å². The first-order chi connectivity index (χ1) is 15.7. The van der Waals surface area contributed by atoms with Crippen molar-refractivity contribution in [1.29, 1.82) is 0 Å². The molecule has 0 unspecified atom stereocenters. The molecule has 33 heavy (non-hydrogen) atoms. The maximum absolute atomic E-state index is 13.0. The molecule has 1 fully saturated rings. The third-order valence-electron chi connectivity index (χ3n) is 4.61. The van der Waals surface area contributed by atoms with Gasteiger partial charge in [0.1, 0.15) is 11.5 Å². The number of benzene rings is 2. The predicted octanol–water partition coefficient (Wildman–Crippen LogP) is 5.44. The summed E-state index contributed by atoms with van der Waals surface area (Å²) < 4.78 is 44.7. The van der Waals surface area contributed by atoms with Crippen molar-refractivity contribution in [3.05, 3.63) is 88.5 Å². The van der Waals surface area contributed by atoms with Crippen molar-refractivity contribution in [2.75, 3.05) is 0 Å². The lowest BCUT2D eigenvalue weighted by Gasteiger charge is -2.15. The van der Waals surface area contributed by atoms with Crippen LogP contribution in [0.25, 0.3) is 17.4 Å². The molecule has 168 valence electrons. The number of rotatable bonds is 5. The summed E-state index contributed by atoms with van der Waals surface area (Å²) in [6.45, 7) is 0. The minimum Gasteiger partial charge on any atom is -0.457 e. The van der Waals surface area contributed by atoms with E-state index in [4.69, 9.17) is 16.6 Å². The van der Waals surface area contributed by atoms with E-state index in [1.54, 1.807) is 12.1 Å². The fourth-order valence-corrected chi connectivity index (χ4v) is 4.23. The fourth-order valence-electron chi connectivity index (χ4n) is 3.07. The Hall–Kier alpha value is -3.37. The van der Waals surface area contributed by atoms with Gasteiger partial charge in [0.05, 0.1) is 16.9 Å². The van der Waals surface area contributed by atoms with Crippen LogP contribution in [-0.4, -0.2) is 21.1 Å². The molecule has 1 N–H and O–H groups in total. The maximum atomic E-state index is 13.0. The zero-order valence-electron chi connectivity index (χ0n) is 16.8. The average molecular weight is 489 g/mol. The molecule has 10 heteroatoms. The first-order valence-corrected chi connectivity index (χ1v) is 10.8. The Morgan fingerprint density at radius 2 is 1.85 bits per heavy atom. The lowest BCUT2D eigenvalue weighted by atomic mass is 10.1. The van der Waals surface area contributed by atoms with Crippen LogP contribution in [0.15, 0.2) is 76.1 Å². The number of thioether (sulfide) groups is 1. The largest absolute Gasteiger partial charge is 0.457 e. The van der Waals surface area contributed by atoms with Gasteiger partial charge in [0.2, 0.25) is 5.91 Å². The maximum Gasteiger partial charge on any atom is 0.416 e. The second-order valence-electron chi connectivity index (χ2n) is 7.00. The van der Waals surface area contributed by atoms with Crippen LogP contribution in [0.3, 0.4) is 0 Å². The van der Waals surface area contributed by atoms with Crippen LogP contribution < -0.4 is 5.43 Å². The van der Waals surface area contributed by atoms with E-state index in [-0.39, 0.29) is 32.7 Å². The number of thiocarbonyl (C=S) groups is 1. The number of halogens is 3. The van der Waals surface area contributed by atoms with Crippen LogP contribution in [0.2, 0.25) is 0 Å². The van der Waals surface area contributed by atoms with Gasteiger partial charge in [-0.2, -0.15) is 18.2 Å². The van der Waals surface area contributed by atoms with Crippen LogP contribution in [0.4, 0.5) is 13.2 Å². The van der Waals surface area contributed by atoms with Crippen molar-refractivity contribution in [3.63, 3.8) is 0 Å². The van der Waals surface area contributed by atoms with Gasteiger partial charge in [0.25, 0.3) is 5.91 Å². The van der Waals surface area contributed by atoms with Crippen LogP contribution in [-0.2, 0) is 22.2 Å². The summed E-state index contributed by atoms with van der Waals surface area (Å²) in [5.74, 6) is -0.440. The molecular formula is C23H15F3N2O3S2. The van der Waals surface area contributed by atoms with Crippen LogP contribution in [0, 0.1) is 0 Å². The number of carbonyl (C=O) groups excluding carboxylic acids is 2. The van der Waals surface area contributed by atoms with E-state index in [1.807, 2.05) is 18.2 Å². The molecule has 1 saturated heterocycles. The Bertz CT molecular complexity index is 1250. The number of amides is 2. The molecule has 3 aromatic rings. The number of carbonyl (C=O) groups is 2. The number of hydrazine groups is 1. The molecule has 2 amide bonds. The molecule has 1 aliphatic heterocycles. The smallest absolute Gasteiger partial charge is 0.416 e. The summed E-state index contributed by atoms with van der Waals surface area (Å²) in [6.07, 6.45) is -2.96. The van der Waals surface area contributed by atoms with E-state index in [0.29, 0.717) is 0 Å². The van der Waals surface area contributed by atoms with Crippen molar-refractivity contribution < 1.29 is 27.2 Å². The Morgan fingerprint density at radius 1 is 1.09 bits per heavy atom. The molecule has 2 aromatic carbocycles. The highest BCUT2D eigenvalue weighted by Gasteiger charge is 2.34. The van der Waals surface area contributed by atoms with Gasteiger partial charge in [0.15, 0.2) is 4.32 Å². The zero-order chi connectivity index (χ0) is 23.6. The predicted molar refractivity (Wildman–Crippen MR) is 122 cm³/mol. The van der Waals surface area contributed by atoms with Gasteiger partial charge in [-0.15, -0.1) is 0 Å². The first kappa shape index (κ1) is 22.8. The van der Waals surface area contributed by atoms with E-state index in [0.717, 1.165) is 34.5 Å². The fraction of sp³-hybridized carbons (Fsp3) is 0.0870. The second-order valence-corrected chi connectivity index (χ2v) is 8.67. The standard InChI is InChI=1S/C23H15F3N2O3S2/c24-23(25,26)16-8-4-7-15(12-16)18-10-9-17(31-18)13-19-21(30)28(22(32)33-19)27-20(29)11-14-5-2-1-3-6-14/h1-10,12-13H,11H2,(H,27,29)/b19-13-. The number of nitrogens with zero attached hydrogens (tertiary/aromatic N) is 1. The van der Waals surface area contributed by atoms with Gasteiger partial charge < -0.3 is 4.42 Å². The lowest BCUT2D eigenvalue weighted by molar-refractivity contribution is -0.137. The highest BCUT2D eigenvalue weighted by atomic mass is 32.2. The number of alkyl halides is 3. The number of hydrogen-bond donors (Lipinski definition) is 1. The van der Waals surface area contributed by atoms with Gasteiger partial charge >= 0.3 is 6.18 Å². The summed E-state index contributed by atoms with van der Waals surface area (Å²) in [7, 11) is 0. The summed E-state index contributed by atoms with van der Waals surface area (Å²) in [4.78, 5) is 25.2. The third kappa shape index (κ3) is 5.35. The lowest BCUT2D eigenvalue weighted by Crippen LogP contribution is -2.45. The normalized spacial score (nSPS) is 15.4. The average Bonchev–Trinajstić information content (AvgIpc) is 3.34. The van der Waals surface area contributed by atoms with E-state index in [2.05, 4.69) is 5.43 Å². The van der Waals surface area contributed by atoms with Crippen LogP contribution >= 0.6 is 24.0 Å². The number of furan rings is 1. The second kappa shape index (κ2) is 9.24. The molecule has 0 aliphatic carbocycles. The van der Waals surface area contributed by atoms with Gasteiger partial charge in [0, 0.05) is 11.6 Å². The minimum absolute atomic E-state index is 0.0789. The molecule has 0 saturated carbocycles. The highest BCUT2D eigenvalue weighted by Crippen LogP contribution is 2.34. The Labute approximate surface area is 196 Å². The highest BCUT2D eigenvalue weighted by molar-refractivity contribution is 8.26. The van der Waals surface area contributed by atoms with Crippen molar-refractivity contribution in [1.82, 2.24) is 10.4 Å². The van der Waals surface area contributed by atoms with E-state index < -0.39 is 23.6 Å². The molecule has 0 bridgehead atoms. The molecule has 1 aliphatic rings. The summed E-state index contributed by atoms with van der Waals surface area (Å²) >= 11 is 6.18. The number of nitrogens with one attached hydrogen (secondary N) is 1. The first-order valence-electron chi connectivity index (χ1n) is 9.59. The van der Waals surface area contributed by atoms with E-state index >= 15 is 0 Å². The molecule has 4 rings (SSSR count). The monoisotopic (exact) mass is 488 g/mol. The van der Waals surface area contributed by atoms with Gasteiger partial charge in [-0.3, -0.25) is 15.0 Å². The quantitative estimate of drug-likeness (QED) is 0.383. The van der Waals surface area contributed by atoms with Crippen LogP contribution in [0.1, 0.15) is 16.9 Å². The summed E-state index contributed by atoms with van der Waals surface area (Å²) in [5, 5.41) is 0.994. The SMILES string of the molecule is O=C(Cc1ccccc1)NN1C(=O)/C(=C/c2ccc(-c3cccc(C(F)(F)F)c3)o2)SC1=S.